The fourth-order valence-corrected chi connectivity index (χ4v) is 2.65. The maximum absolute atomic E-state index is 10.6. The summed E-state index contributed by atoms with van der Waals surface area (Å²) in [5.74, 6) is 0. The summed E-state index contributed by atoms with van der Waals surface area (Å²) >= 11 is 3.40. The molecule has 1 unspecified atom stereocenters. The highest BCUT2D eigenvalue weighted by Crippen LogP contribution is 2.30. The van der Waals surface area contributed by atoms with Gasteiger partial charge >= 0.3 is 0 Å². The summed E-state index contributed by atoms with van der Waals surface area (Å²) in [5, 5.41) is 11.5. The maximum Gasteiger partial charge on any atom is 0.107 e. The second kappa shape index (κ2) is 5.11. The van der Waals surface area contributed by atoms with Gasteiger partial charge < -0.3 is 5.11 Å². The van der Waals surface area contributed by atoms with Gasteiger partial charge in [-0.05, 0) is 39.2 Å². The van der Waals surface area contributed by atoms with Crippen molar-refractivity contribution in [1.29, 1.82) is 0 Å². The second-order valence-corrected chi connectivity index (χ2v) is 5.18. The SMILES string of the molecule is OC(c1ccccc1)c1cc(Br)nc2ccccc12. The monoisotopic (exact) mass is 313 g/mol. The van der Waals surface area contributed by atoms with E-state index < -0.39 is 6.10 Å². The largest absolute Gasteiger partial charge is 0.384 e. The predicted molar refractivity (Wildman–Crippen MR) is 79.9 cm³/mol. The lowest BCUT2D eigenvalue weighted by Gasteiger charge is -2.14. The van der Waals surface area contributed by atoms with Crippen molar-refractivity contribution >= 4 is 26.8 Å². The highest BCUT2D eigenvalue weighted by atomic mass is 79.9. The third-order valence-electron chi connectivity index (χ3n) is 3.13. The van der Waals surface area contributed by atoms with Crippen LogP contribution in [0.1, 0.15) is 17.2 Å². The van der Waals surface area contributed by atoms with Crippen LogP contribution in [0, 0.1) is 0 Å². The maximum atomic E-state index is 10.6. The number of halogens is 1. The topological polar surface area (TPSA) is 33.1 Å². The molecule has 0 fully saturated rings. The lowest BCUT2D eigenvalue weighted by Crippen LogP contribution is -2.01. The lowest BCUT2D eigenvalue weighted by molar-refractivity contribution is 0.222. The third kappa shape index (κ3) is 2.39. The molecular weight excluding hydrogens is 302 g/mol. The Labute approximate surface area is 119 Å². The Morgan fingerprint density at radius 3 is 2.42 bits per heavy atom. The molecule has 19 heavy (non-hydrogen) atoms. The zero-order valence-corrected chi connectivity index (χ0v) is 11.7. The van der Waals surface area contributed by atoms with Gasteiger partial charge in [-0.15, -0.1) is 0 Å². The summed E-state index contributed by atoms with van der Waals surface area (Å²) in [7, 11) is 0. The Balaban J connectivity index is 2.19. The molecule has 0 radical (unpaired) electrons. The second-order valence-electron chi connectivity index (χ2n) is 4.36. The van der Waals surface area contributed by atoms with E-state index in [2.05, 4.69) is 20.9 Å². The minimum Gasteiger partial charge on any atom is -0.384 e. The summed E-state index contributed by atoms with van der Waals surface area (Å²) in [4.78, 5) is 4.42. The molecule has 1 atom stereocenters. The summed E-state index contributed by atoms with van der Waals surface area (Å²) in [6, 6.07) is 19.4. The zero-order chi connectivity index (χ0) is 13.2. The van der Waals surface area contributed by atoms with E-state index >= 15 is 0 Å². The Hall–Kier alpha value is -1.71. The number of nitrogens with zero attached hydrogens (tertiary/aromatic N) is 1. The van der Waals surface area contributed by atoms with Crippen molar-refractivity contribution in [2.24, 2.45) is 0 Å². The molecule has 1 N–H and O–H groups in total. The Morgan fingerprint density at radius 2 is 1.63 bits per heavy atom. The van der Waals surface area contributed by atoms with Crippen molar-refractivity contribution < 1.29 is 5.11 Å². The van der Waals surface area contributed by atoms with E-state index in [0.717, 1.165) is 26.6 Å². The minimum atomic E-state index is -0.648. The predicted octanol–water partition coefficient (Wildman–Crippen LogP) is 4.08. The van der Waals surface area contributed by atoms with Gasteiger partial charge in [-0.2, -0.15) is 0 Å². The first-order chi connectivity index (χ1) is 9.25. The van der Waals surface area contributed by atoms with Crippen LogP contribution in [0.5, 0.6) is 0 Å². The van der Waals surface area contributed by atoms with E-state index in [1.807, 2.05) is 60.7 Å². The third-order valence-corrected chi connectivity index (χ3v) is 3.53. The molecule has 0 amide bonds. The number of fused-ring (bicyclic) bond motifs is 1. The van der Waals surface area contributed by atoms with Crippen molar-refractivity contribution in [2.45, 2.75) is 6.10 Å². The summed E-state index contributed by atoms with van der Waals surface area (Å²) in [6.45, 7) is 0. The van der Waals surface area contributed by atoms with E-state index in [9.17, 15) is 5.11 Å². The van der Waals surface area contributed by atoms with E-state index in [1.165, 1.54) is 0 Å². The van der Waals surface area contributed by atoms with Gasteiger partial charge in [0.2, 0.25) is 0 Å². The number of rotatable bonds is 2. The molecule has 1 aromatic heterocycles. The number of hydrogen-bond acceptors (Lipinski definition) is 2. The number of para-hydroxylation sites is 1. The standard InChI is InChI=1S/C16H12BrNO/c17-15-10-13(12-8-4-5-9-14(12)18-15)16(19)11-6-2-1-3-7-11/h1-10,16,19H. The number of pyridine rings is 1. The zero-order valence-electron chi connectivity index (χ0n) is 10.1. The molecule has 3 heteroatoms. The van der Waals surface area contributed by atoms with Crippen molar-refractivity contribution in [3.05, 3.63) is 76.4 Å². The fourth-order valence-electron chi connectivity index (χ4n) is 2.21. The van der Waals surface area contributed by atoms with E-state index in [0.29, 0.717) is 0 Å². The van der Waals surface area contributed by atoms with Crippen molar-refractivity contribution in [3.63, 3.8) is 0 Å². The van der Waals surface area contributed by atoms with Gasteiger partial charge in [-0.3, -0.25) is 0 Å². The van der Waals surface area contributed by atoms with Crippen molar-refractivity contribution in [1.82, 2.24) is 4.98 Å². The van der Waals surface area contributed by atoms with Gasteiger partial charge in [0.05, 0.1) is 5.52 Å². The quantitative estimate of drug-likeness (QED) is 0.723. The van der Waals surface area contributed by atoms with Crippen LogP contribution in [0.15, 0.2) is 65.3 Å². The molecule has 0 aliphatic carbocycles. The molecule has 0 saturated heterocycles. The molecule has 3 rings (SSSR count). The van der Waals surface area contributed by atoms with Crippen LogP contribution in [0.3, 0.4) is 0 Å². The summed E-state index contributed by atoms with van der Waals surface area (Å²) in [5.41, 5.74) is 2.62. The molecular formula is C16H12BrNO. The smallest absolute Gasteiger partial charge is 0.107 e. The molecule has 2 aromatic carbocycles. The van der Waals surface area contributed by atoms with E-state index in [4.69, 9.17) is 0 Å². The average molecular weight is 314 g/mol. The van der Waals surface area contributed by atoms with Crippen LogP contribution in [-0.2, 0) is 0 Å². The summed E-state index contributed by atoms with van der Waals surface area (Å²) < 4.78 is 0.733. The van der Waals surface area contributed by atoms with Crippen LogP contribution in [0.2, 0.25) is 0 Å². The number of aliphatic hydroxyl groups is 1. The molecule has 2 nitrogen and oxygen atoms in total. The van der Waals surface area contributed by atoms with Crippen LogP contribution in [-0.4, -0.2) is 10.1 Å². The van der Waals surface area contributed by atoms with E-state index in [-0.39, 0.29) is 0 Å². The molecule has 0 spiro atoms. The van der Waals surface area contributed by atoms with Gasteiger partial charge in [0.25, 0.3) is 0 Å². The number of benzene rings is 2. The van der Waals surface area contributed by atoms with E-state index in [1.54, 1.807) is 0 Å². The Kier molecular flexibility index (Phi) is 3.32. The van der Waals surface area contributed by atoms with Crippen molar-refractivity contribution in [3.8, 4) is 0 Å². The van der Waals surface area contributed by atoms with Gasteiger partial charge in [-0.1, -0.05) is 48.5 Å². The van der Waals surface area contributed by atoms with Gasteiger partial charge in [-0.25, -0.2) is 4.98 Å². The molecule has 94 valence electrons. The molecule has 0 saturated carbocycles. The first-order valence-electron chi connectivity index (χ1n) is 6.04. The van der Waals surface area contributed by atoms with Gasteiger partial charge in [0.15, 0.2) is 0 Å². The molecule has 0 aliphatic rings. The molecule has 3 aromatic rings. The Bertz CT molecular complexity index is 712. The first-order valence-corrected chi connectivity index (χ1v) is 6.83. The van der Waals surface area contributed by atoms with Gasteiger partial charge in [0.1, 0.15) is 10.7 Å². The number of aliphatic hydroxyl groups excluding tert-OH is 1. The first kappa shape index (κ1) is 12.3. The summed E-state index contributed by atoms with van der Waals surface area (Å²) in [6.07, 6.45) is -0.648. The van der Waals surface area contributed by atoms with Crippen LogP contribution >= 0.6 is 15.9 Å². The lowest BCUT2D eigenvalue weighted by atomic mass is 9.98. The molecule has 0 bridgehead atoms. The van der Waals surface area contributed by atoms with Crippen LogP contribution in [0.4, 0.5) is 0 Å². The molecule has 0 aliphatic heterocycles. The molecule has 1 heterocycles. The minimum absolute atomic E-state index is 0.648. The van der Waals surface area contributed by atoms with Crippen LogP contribution in [0.25, 0.3) is 10.9 Å². The Morgan fingerprint density at radius 1 is 0.947 bits per heavy atom. The average Bonchev–Trinajstić information content (AvgIpc) is 2.46. The van der Waals surface area contributed by atoms with Crippen molar-refractivity contribution in [2.75, 3.05) is 0 Å². The normalized spacial score (nSPS) is 12.5. The highest BCUT2D eigenvalue weighted by molar-refractivity contribution is 9.10. The number of aromatic nitrogens is 1. The number of hydrogen-bond donors (Lipinski definition) is 1. The van der Waals surface area contributed by atoms with Crippen LogP contribution < -0.4 is 0 Å². The fraction of sp³-hybridized carbons (Fsp3) is 0.0625. The van der Waals surface area contributed by atoms with Gasteiger partial charge in [0, 0.05) is 5.39 Å². The highest BCUT2D eigenvalue weighted by Gasteiger charge is 2.14.